The third-order valence-electron chi connectivity index (χ3n) is 2.47. The Balaban J connectivity index is 2.08. The number of carbonyl (C=O) groups excluding carboxylic acids is 1. The molecule has 0 aliphatic heterocycles. The maximum Gasteiger partial charge on any atom is 0.170 e. The van der Waals surface area contributed by atoms with Crippen molar-refractivity contribution in [2.75, 3.05) is 0 Å². The van der Waals surface area contributed by atoms with E-state index in [9.17, 15) is 4.79 Å². The Morgan fingerprint density at radius 2 is 2.12 bits per heavy atom. The van der Waals surface area contributed by atoms with Gasteiger partial charge in [-0.2, -0.15) is 0 Å². The van der Waals surface area contributed by atoms with Crippen LogP contribution in [0.2, 0.25) is 5.02 Å². The first-order chi connectivity index (χ1) is 7.81. The zero-order chi connectivity index (χ0) is 11.4. The number of carbonyl (C=O) groups is 1. The smallest absolute Gasteiger partial charge is 0.170 e. The number of H-pyrrole nitrogens is 1. The Bertz CT molecular complexity index is 493. The molecule has 0 aliphatic rings. The summed E-state index contributed by atoms with van der Waals surface area (Å²) < 4.78 is 0. The van der Waals surface area contributed by atoms with Crippen molar-refractivity contribution in [3.8, 4) is 0 Å². The van der Waals surface area contributed by atoms with Gasteiger partial charge in [-0.1, -0.05) is 29.8 Å². The molecule has 0 fully saturated rings. The summed E-state index contributed by atoms with van der Waals surface area (Å²) in [7, 11) is 0. The highest BCUT2D eigenvalue weighted by atomic mass is 35.5. The van der Waals surface area contributed by atoms with Crippen LogP contribution in [0.1, 0.15) is 21.7 Å². The van der Waals surface area contributed by atoms with Crippen LogP contribution in [0.4, 0.5) is 0 Å². The minimum atomic E-state index is 0.479. The van der Waals surface area contributed by atoms with Crippen LogP contribution in [-0.2, 0) is 12.8 Å². The highest BCUT2D eigenvalue weighted by Crippen LogP contribution is 2.17. The van der Waals surface area contributed by atoms with Gasteiger partial charge in [0, 0.05) is 10.7 Å². The van der Waals surface area contributed by atoms with Gasteiger partial charge in [-0.3, -0.25) is 4.79 Å². The van der Waals surface area contributed by atoms with Crippen molar-refractivity contribution in [2.45, 2.75) is 12.8 Å². The van der Waals surface area contributed by atoms with Crippen LogP contribution >= 0.6 is 11.6 Å². The average molecular weight is 235 g/mol. The Morgan fingerprint density at radius 1 is 1.31 bits per heavy atom. The fraction of sp³-hybridized carbons (Fsp3) is 0.167. The van der Waals surface area contributed by atoms with Crippen molar-refractivity contribution >= 4 is 17.9 Å². The molecule has 0 amide bonds. The number of nitrogens with one attached hydrogen (secondary N) is 1. The fourth-order valence-corrected chi connectivity index (χ4v) is 1.82. The van der Waals surface area contributed by atoms with E-state index in [0.29, 0.717) is 5.69 Å². The molecule has 1 aromatic heterocycles. The van der Waals surface area contributed by atoms with Crippen molar-refractivity contribution in [1.82, 2.24) is 9.97 Å². The number of aromatic nitrogens is 2. The number of halogens is 1. The van der Waals surface area contributed by atoms with Gasteiger partial charge in [-0.05, 0) is 24.5 Å². The van der Waals surface area contributed by atoms with Gasteiger partial charge in [-0.15, -0.1) is 0 Å². The molecule has 0 unspecified atom stereocenters. The molecule has 0 atom stereocenters. The van der Waals surface area contributed by atoms with Gasteiger partial charge in [0.05, 0.1) is 6.33 Å². The molecular weight excluding hydrogens is 224 g/mol. The third kappa shape index (κ3) is 2.31. The van der Waals surface area contributed by atoms with Crippen molar-refractivity contribution in [2.24, 2.45) is 0 Å². The first-order valence-corrected chi connectivity index (χ1v) is 5.40. The number of hydrogen-bond donors (Lipinski definition) is 1. The number of nitrogens with zero attached hydrogens (tertiary/aromatic N) is 1. The van der Waals surface area contributed by atoms with Crippen LogP contribution in [-0.4, -0.2) is 16.3 Å². The van der Waals surface area contributed by atoms with Gasteiger partial charge < -0.3 is 4.98 Å². The normalized spacial score (nSPS) is 10.3. The van der Waals surface area contributed by atoms with Gasteiger partial charge in [-0.25, -0.2) is 4.98 Å². The molecule has 0 radical (unpaired) electrons. The standard InChI is InChI=1S/C12H11ClN2O/c13-10-4-2-1-3-9(10)5-6-11-12(7-16)15-8-14-11/h1-4,7-8H,5-6H2,(H,14,15). The molecule has 1 aromatic carbocycles. The van der Waals surface area contributed by atoms with Gasteiger partial charge in [0.2, 0.25) is 0 Å². The Morgan fingerprint density at radius 3 is 2.88 bits per heavy atom. The molecule has 4 heteroatoms. The highest BCUT2D eigenvalue weighted by molar-refractivity contribution is 6.31. The fourth-order valence-electron chi connectivity index (χ4n) is 1.59. The quantitative estimate of drug-likeness (QED) is 0.827. The minimum absolute atomic E-state index is 0.479. The van der Waals surface area contributed by atoms with Crippen LogP contribution in [0.3, 0.4) is 0 Å². The summed E-state index contributed by atoms with van der Waals surface area (Å²) in [4.78, 5) is 17.5. The molecule has 82 valence electrons. The van der Waals surface area contributed by atoms with E-state index >= 15 is 0 Å². The molecule has 2 rings (SSSR count). The van der Waals surface area contributed by atoms with Crippen LogP contribution in [0.15, 0.2) is 30.6 Å². The molecule has 1 heterocycles. The van der Waals surface area contributed by atoms with Crippen LogP contribution in [0.5, 0.6) is 0 Å². The summed E-state index contributed by atoms with van der Waals surface area (Å²) in [6, 6.07) is 7.71. The molecule has 3 nitrogen and oxygen atoms in total. The maximum atomic E-state index is 10.7. The summed E-state index contributed by atoms with van der Waals surface area (Å²) in [6.07, 6.45) is 3.82. The number of aromatic amines is 1. The monoisotopic (exact) mass is 234 g/mol. The molecule has 0 spiro atoms. The van der Waals surface area contributed by atoms with Gasteiger partial charge >= 0.3 is 0 Å². The first kappa shape index (κ1) is 10.9. The predicted molar refractivity (Wildman–Crippen MR) is 62.8 cm³/mol. The molecule has 0 saturated heterocycles. The van der Waals surface area contributed by atoms with E-state index in [4.69, 9.17) is 11.6 Å². The van der Waals surface area contributed by atoms with Crippen LogP contribution in [0, 0.1) is 0 Å². The number of hydrogen-bond acceptors (Lipinski definition) is 2. The van der Waals surface area contributed by atoms with E-state index in [1.807, 2.05) is 24.3 Å². The predicted octanol–water partition coefficient (Wildman–Crippen LogP) is 2.66. The first-order valence-electron chi connectivity index (χ1n) is 5.02. The number of rotatable bonds is 4. The lowest BCUT2D eigenvalue weighted by atomic mass is 10.1. The van der Waals surface area contributed by atoms with Crippen molar-refractivity contribution in [3.05, 3.63) is 52.6 Å². The average Bonchev–Trinajstić information content (AvgIpc) is 2.75. The third-order valence-corrected chi connectivity index (χ3v) is 2.83. The molecule has 2 aromatic rings. The molecule has 0 bridgehead atoms. The second kappa shape index (κ2) is 4.94. The van der Waals surface area contributed by atoms with Crippen molar-refractivity contribution in [1.29, 1.82) is 0 Å². The summed E-state index contributed by atoms with van der Waals surface area (Å²) in [5, 5.41) is 0.759. The van der Waals surface area contributed by atoms with E-state index in [-0.39, 0.29) is 0 Å². The Labute approximate surface area is 98.5 Å². The Kier molecular flexibility index (Phi) is 3.37. The largest absolute Gasteiger partial charge is 0.348 e. The zero-order valence-corrected chi connectivity index (χ0v) is 9.37. The lowest BCUT2D eigenvalue weighted by Gasteiger charge is -2.02. The SMILES string of the molecule is O=Cc1nc[nH]c1CCc1ccccc1Cl. The number of imidazole rings is 1. The second-order valence-corrected chi connectivity index (χ2v) is 3.88. The zero-order valence-electron chi connectivity index (χ0n) is 8.61. The lowest BCUT2D eigenvalue weighted by Crippen LogP contribution is -1.96. The lowest BCUT2D eigenvalue weighted by molar-refractivity contribution is 0.111. The van der Waals surface area contributed by atoms with Gasteiger partial charge in [0.25, 0.3) is 0 Å². The molecular formula is C12H11ClN2O. The number of aldehydes is 1. The number of benzene rings is 1. The van der Waals surface area contributed by atoms with E-state index in [0.717, 1.165) is 35.4 Å². The Hall–Kier alpha value is -1.61. The van der Waals surface area contributed by atoms with Crippen molar-refractivity contribution in [3.63, 3.8) is 0 Å². The van der Waals surface area contributed by atoms with E-state index in [1.165, 1.54) is 6.33 Å². The van der Waals surface area contributed by atoms with Crippen LogP contribution in [0.25, 0.3) is 0 Å². The van der Waals surface area contributed by atoms with Gasteiger partial charge in [0.15, 0.2) is 6.29 Å². The minimum Gasteiger partial charge on any atom is -0.348 e. The maximum absolute atomic E-state index is 10.7. The molecule has 0 aliphatic carbocycles. The molecule has 1 N–H and O–H groups in total. The molecule has 16 heavy (non-hydrogen) atoms. The summed E-state index contributed by atoms with van der Waals surface area (Å²) in [5.74, 6) is 0. The van der Waals surface area contributed by atoms with Gasteiger partial charge in [0.1, 0.15) is 5.69 Å². The van der Waals surface area contributed by atoms with Crippen molar-refractivity contribution < 1.29 is 4.79 Å². The topological polar surface area (TPSA) is 45.8 Å². The number of aryl methyl sites for hydroxylation is 2. The summed E-state index contributed by atoms with van der Waals surface area (Å²) in [5.41, 5.74) is 2.41. The van der Waals surface area contributed by atoms with E-state index < -0.39 is 0 Å². The van der Waals surface area contributed by atoms with E-state index in [1.54, 1.807) is 0 Å². The van der Waals surface area contributed by atoms with E-state index in [2.05, 4.69) is 9.97 Å². The summed E-state index contributed by atoms with van der Waals surface area (Å²) in [6.45, 7) is 0. The molecule has 0 saturated carbocycles. The summed E-state index contributed by atoms with van der Waals surface area (Å²) >= 11 is 6.04. The van der Waals surface area contributed by atoms with Crippen LogP contribution < -0.4 is 0 Å². The highest BCUT2D eigenvalue weighted by Gasteiger charge is 2.05. The second-order valence-electron chi connectivity index (χ2n) is 3.48.